The van der Waals surface area contributed by atoms with Crippen molar-refractivity contribution in [1.82, 2.24) is 34.1 Å². The number of fused-ring (bicyclic) bond motifs is 2. The number of rotatable bonds is 12. The van der Waals surface area contributed by atoms with Gasteiger partial charge in [-0.25, -0.2) is 9.97 Å². The number of aliphatic imine (C=N–C) groups is 2. The third-order valence-electron chi connectivity index (χ3n) is 8.49. The van der Waals surface area contributed by atoms with Gasteiger partial charge in [-0.05, 0) is 64.1 Å². The normalized spacial score (nSPS) is 14.4. The minimum Gasteiger partial charge on any atom is -0.366 e. The molecule has 0 spiro atoms. The second kappa shape index (κ2) is 14.6. The maximum Gasteiger partial charge on any atom is 0.276 e. The zero-order valence-electron chi connectivity index (χ0n) is 29.5. The number of hydrogen-bond donors (Lipinski definition) is 3. The first-order valence-corrected chi connectivity index (χ1v) is 16.7. The maximum atomic E-state index is 13.4. The van der Waals surface area contributed by atoms with Gasteiger partial charge in [0.2, 0.25) is 17.8 Å². The number of pyridine rings is 1. The SMILES string of the molecule is CCn1nc(C)cc1C=NC=C1C(=NC)N(C/C=C/Cn2c(NC(=O)c3cc(C)nn3CC)nc3cc(C(N)=O)cnc32)c2ccc(C(N)=O)cc21. The average molecular weight is 702 g/mol. The number of anilines is 2. The Morgan fingerprint density at radius 2 is 1.62 bits per heavy atom. The smallest absolute Gasteiger partial charge is 0.276 e. The molecule has 16 nitrogen and oxygen atoms in total. The topological polar surface area (TPSA) is 210 Å². The van der Waals surface area contributed by atoms with Crippen molar-refractivity contribution in [2.45, 2.75) is 47.3 Å². The molecule has 3 amide bonds. The average Bonchev–Trinajstić information content (AvgIpc) is 3.87. The lowest BCUT2D eigenvalue weighted by atomic mass is 10.0. The molecule has 16 heteroatoms. The quantitative estimate of drug-likeness (QED) is 0.129. The molecule has 5 N–H and O–H groups in total. The van der Waals surface area contributed by atoms with Crippen LogP contribution in [0, 0.1) is 13.8 Å². The zero-order chi connectivity index (χ0) is 37.1. The van der Waals surface area contributed by atoms with Crippen molar-refractivity contribution < 1.29 is 14.4 Å². The number of nitrogens with zero attached hydrogens (tertiary/aromatic N) is 10. The molecule has 0 saturated carbocycles. The summed E-state index contributed by atoms with van der Waals surface area (Å²) in [6, 6.07) is 10.5. The van der Waals surface area contributed by atoms with Crippen LogP contribution in [0.3, 0.4) is 0 Å². The van der Waals surface area contributed by atoms with Gasteiger partial charge in [-0.2, -0.15) is 10.2 Å². The predicted molar refractivity (Wildman–Crippen MR) is 200 cm³/mol. The predicted octanol–water partition coefficient (Wildman–Crippen LogP) is 3.50. The monoisotopic (exact) mass is 701 g/mol. The standard InChI is InChI=1S/C36H39N13O3/c1-6-48-25(14-21(3)44-48)19-40-20-27-26-16-23(31(37)50)10-11-29(26)46(33(27)39-5)12-8-9-13-47-34-28(17-24(18-41-34)32(38)51)42-36(47)43-35(52)30-15-22(4)45-49(30)7-2/h8-11,14-20H,6-7,12-13H2,1-5H3,(H2,37,50)(H2,38,51)(H,42,43,52)/b9-8+,27-20?,39-33?,40-19?. The number of nitrogens with one attached hydrogen (secondary N) is 1. The highest BCUT2D eigenvalue weighted by atomic mass is 16.2. The first-order valence-electron chi connectivity index (χ1n) is 16.7. The Labute approximate surface area is 299 Å². The molecule has 0 atom stereocenters. The van der Waals surface area contributed by atoms with Gasteiger partial charge in [-0.1, -0.05) is 12.2 Å². The number of carbonyl (C=O) groups excluding carboxylic acids is 3. The van der Waals surface area contributed by atoms with Crippen LogP contribution >= 0.6 is 0 Å². The van der Waals surface area contributed by atoms with Crippen LogP contribution in [0.15, 0.2) is 70.9 Å². The maximum absolute atomic E-state index is 13.4. The highest BCUT2D eigenvalue weighted by Gasteiger charge is 2.30. The van der Waals surface area contributed by atoms with Crippen LogP contribution in [-0.2, 0) is 19.6 Å². The number of allylic oxidation sites excluding steroid dienone is 1. The Bertz CT molecular complexity index is 2340. The van der Waals surface area contributed by atoms with Gasteiger partial charge in [-0.15, -0.1) is 0 Å². The summed E-state index contributed by atoms with van der Waals surface area (Å²) in [7, 11) is 1.70. The molecule has 0 radical (unpaired) electrons. The number of primary amides is 2. The number of imidazole rings is 1. The molecule has 6 rings (SSSR count). The zero-order valence-corrected chi connectivity index (χ0v) is 29.5. The van der Waals surface area contributed by atoms with Crippen LogP contribution in [0.1, 0.15) is 67.7 Å². The van der Waals surface area contributed by atoms with Crippen LogP contribution in [-0.4, -0.2) is 77.5 Å². The molecule has 0 aliphatic carbocycles. The number of amidine groups is 1. The molecule has 1 aromatic carbocycles. The van der Waals surface area contributed by atoms with Gasteiger partial charge in [0.25, 0.3) is 5.91 Å². The Balaban J connectivity index is 1.30. The van der Waals surface area contributed by atoms with Gasteiger partial charge in [0.15, 0.2) is 5.65 Å². The van der Waals surface area contributed by atoms with Gasteiger partial charge in [0.05, 0.1) is 34.5 Å². The van der Waals surface area contributed by atoms with Gasteiger partial charge >= 0.3 is 0 Å². The molecule has 52 heavy (non-hydrogen) atoms. The van der Waals surface area contributed by atoms with E-state index < -0.39 is 11.8 Å². The van der Waals surface area contributed by atoms with Crippen LogP contribution in [0.2, 0.25) is 0 Å². The highest BCUT2D eigenvalue weighted by molar-refractivity contribution is 6.35. The fourth-order valence-electron chi connectivity index (χ4n) is 6.09. The van der Waals surface area contributed by atoms with Gasteiger partial charge in [0.1, 0.15) is 17.0 Å². The van der Waals surface area contributed by atoms with E-state index in [1.807, 2.05) is 61.6 Å². The Morgan fingerprint density at radius 3 is 2.33 bits per heavy atom. The molecular formula is C36H39N13O3. The van der Waals surface area contributed by atoms with Crippen LogP contribution in [0.4, 0.5) is 11.6 Å². The van der Waals surface area contributed by atoms with E-state index >= 15 is 0 Å². The number of benzene rings is 1. The summed E-state index contributed by atoms with van der Waals surface area (Å²) >= 11 is 0. The van der Waals surface area contributed by atoms with Gasteiger partial charge in [0, 0.05) is 62.3 Å². The van der Waals surface area contributed by atoms with Crippen molar-refractivity contribution in [3.05, 3.63) is 100 Å². The first kappa shape index (κ1) is 35.1. The summed E-state index contributed by atoms with van der Waals surface area (Å²) in [5.41, 5.74) is 17.7. The molecule has 0 unspecified atom stereocenters. The van der Waals surface area contributed by atoms with E-state index in [9.17, 15) is 14.4 Å². The molecule has 1 aliphatic rings. The number of carbonyl (C=O) groups is 3. The molecular weight excluding hydrogens is 662 g/mol. The first-order chi connectivity index (χ1) is 25.0. The van der Waals surface area contributed by atoms with E-state index in [0.29, 0.717) is 53.6 Å². The summed E-state index contributed by atoms with van der Waals surface area (Å²) in [6.45, 7) is 9.56. The number of nitrogens with two attached hydrogens (primary N) is 2. The van der Waals surface area contributed by atoms with Crippen LogP contribution in [0.5, 0.6) is 0 Å². The van der Waals surface area contributed by atoms with E-state index in [0.717, 1.165) is 28.2 Å². The third kappa shape index (κ3) is 6.85. The molecule has 266 valence electrons. The fraction of sp³-hybridized carbons (Fsp3) is 0.250. The van der Waals surface area contributed by atoms with Crippen LogP contribution in [0.25, 0.3) is 16.7 Å². The second-order valence-corrected chi connectivity index (χ2v) is 12.0. The molecule has 0 saturated heterocycles. The van der Waals surface area contributed by atoms with Crippen molar-refractivity contribution in [2.24, 2.45) is 21.5 Å². The Kier molecular flexibility index (Phi) is 9.89. The molecule has 0 fully saturated rings. The number of aromatic nitrogens is 7. The van der Waals surface area contributed by atoms with Crippen molar-refractivity contribution >= 4 is 58.1 Å². The molecule has 4 aromatic heterocycles. The number of amides is 3. The van der Waals surface area contributed by atoms with Crippen molar-refractivity contribution in [2.75, 3.05) is 23.8 Å². The lowest BCUT2D eigenvalue weighted by molar-refractivity contribution is 0.0991. The molecule has 5 aromatic rings. The second-order valence-electron chi connectivity index (χ2n) is 12.0. The van der Waals surface area contributed by atoms with E-state index in [2.05, 4.69) is 35.5 Å². The molecule has 0 bridgehead atoms. The Morgan fingerprint density at radius 1 is 0.904 bits per heavy atom. The number of aryl methyl sites for hydroxylation is 4. The van der Waals surface area contributed by atoms with Gasteiger partial charge < -0.3 is 16.4 Å². The van der Waals surface area contributed by atoms with E-state index in [4.69, 9.17) is 11.5 Å². The largest absolute Gasteiger partial charge is 0.366 e. The number of hydrogen-bond acceptors (Lipinski definition) is 9. The van der Waals surface area contributed by atoms with Crippen LogP contribution < -0.4 is 21.7 Å². The van der Waals surface area contributed by atoms with Gasteiger partial charge in [-0.3, -0.25) is 43.6 Å². The van der Waals surface area contributed by atoms with Crippen molar-refractivity contribution in [3.63, 3.8) is 0 Å². The summed E-state index contributed by atoms with van der Waals surface area (Å²) in [4.78, 5) is 57.7. The fourth-order valence-corrected chi connectivity index (χ4v) is 6.09. The molecule has 1 aliphatic heterocycles. The molecule has 5 heterocycles. The lowest BCUT2D eigenvalue weighted by Gasteiger charge is -2.18. The van der Waals surface area contributed by atoms with E-state index in [1.54, 1.807) is 53.0 Å². The minimum absolute atomic E-state index is 0.197. The highest BCUT2D eigenvalue weighted by Crippen LogP contribution is 2.38. The van der Waals surface area contributed by atoms with Crippen molar-refractivity contribution in [1.29, 1.82) is 0 Å². The van der Waals surface area contributed by atoms with Crippen molar-refractivity contribution in [3.8, 4) is 0 Å². The summed E-state index contributed by atoms with van der Waals surface area (Å²) in [5, 5.41) is 11.7. The van der Waals surface area contributed by atoms with E-state index in [1.165, 1.54) is 6.20 Å². The summed E-state index contributed by atoms with van der Waals surface area (Å²) in [5.74, 6) is -0.669. The summed E-state index contributed by atoms with van der Waals surface area (Å²) in [6.07, 6.45) is 8.72. The van der Waals surface area contributed by atoms with E-state index in [-0.39, 0.29) is 24.0 Å². The minimum atomic E-state index is -0.638. The third-order valence-corrected chi connectivity index (χ3v) is 8.49. The summed E-state index contributed by atoms with van der Waals surface area (Å²) < 4.78 is 5.22. The lowest BCUT2D eigenvalue weighted by Crippen LogP contribution is -2.26. The Hall–Kier alpha value is -6.71.